The third-order valence-corrected chi connectivity index (χ3v) is 3.17. The molecule has 0 saturated carbocycles. The van der Waals surface area contributed by atoms with Crippen molar-refractivity contribution < 1.29 is 14.3 Å². The second-order valence-corrected chi connectivity index (χ2v) is 7.38. The highest BCUT2D eigenvalue weighted by Crippen LogP contribution is 2.09. The number of urea groups is 1. The fourth-order valence-electron chi connectivity index (χ4n) is 1.83. The summed E-state index contributed by atoms with van der Waals surface area (Å²) in [5, 5.41) is 15.9. The van der Waals surface area contributed by atoms with Gasteiger partial charge in [-0.1, -0.05) is 25.2 Å². The molecule has 0 radical (unpaired) electrons. The monoisotopic (exact) mass is 343 g/mol. The number of rotatable bonds is 6. The quantitative estimate of drug-likeness (QED) is 0.736. The van der Waals surface area contributed by atoms with Gasteiger partial charge in [0.25, 0.3) is 0 Å². The van der Waals surface area contributed by atoms with Crippen LogP contribution in [-0.2, 0) is 4.74 Å². The first-order valence-corrected chi connectivity index (χ1v) is 8.34. The zero-order valence-corrected chi connectivity index (χ0v) is 15.0. The molecule has 0 bridgehead atoms. The lowest BCUT2D eigenvalue weighted by atomic mass is 10.0. The predicted octanol–water partition coefficient (Wildman–Crippen LogP) is 2.60. The Kier molecular flexibility index (Phi) is 7.21. The number of alkyl carbamates (subject to hydrolysis) is 1. The SMILES string of the molecule is CC(C)C[C@@H](CNC(=O)OC(C)(C)C)NC(=O)Nc1nncs1. The van der Waals surface area contributed by atoms with Crippen LogP contribution in [0.25, 0.3) is 0 Å². The first kappa shape index (κ1) is 19.1. The molecule has 1 rings (SSSR count). The number of ether oxygens (including phenoxy) is 1. The standard InChI is InChI=1S/C14H25N5O3S/c1-9(2)6-10(7-15-13(21)22-14(3,4)5)17-11(20)18-12-19-16-8-23-12/h8-10H,6-7H2,1-5H3,(H,15,21)(H2,17,18,19,20)/t10-/m0/s1. The summed E-state index contributed by atoms with van der Waals surface area (Å²) in [5.41, 5.74) is 0.978. The van der Waals surface area contributed by atoms with E-state index in [9.17, 15) is 9.59 Å². The molecule has 0 saturated heterocycles. The average Bonchev–Trinajstić information content (AvgIpc) is 2.85. The summed E-state index contributed by atoms with van der Waals surface area (Å²) >= 11 is 1.23. The van der Waals surface area contributed by atoms with E-state index in [1.54, 1.807) is 20.8 Å². The maximum atomic E-state index is 11.9. The lowest BCUT2D eigenvalue weighted by Crippen LogP contribution is -2.46. The van der Waals surface area contributed by atoms with Crippen molar-refractivity contribution in [2.75, 3.05) is 11.9 Å². The largest absolute Gasteiger partial charge is 0.444 e. The highest BCUT2D eigenvalue weighted by Gasteiger charge is 2.19. The Labute approximate surface area is 140 Å². The molecular formula is C14H25N5O3S. The van der Waals surface area contributed by atoms with Crippen LogP contribution in [0.3, 0.4) is 0 Å². The van der Waals surface area contributed by atoms with E-state index in [0.29, 0.717) is 11.0 Å². The fourth-order valence-corrected chi connectivity index (χ4v) is 2.27. The van der Waals surface area contributed by atoms with Crippen LogP contribution in [0.5, 0.6) is 0 Å². The molecule has 1 heterocycles. The molecule has 0 aliphatic rings. The van der Waals surface area contributed by atoms with Crippen molar-refractivity contribution in [1.82, 2.24) is 20.8 Å². The second kappa shape index (κ2) is 8.66. The number of hydrogen-bond acceptors (Lipinski definition) is 6. The minimum absolute atomic E-state index is 0.213. The van der Waals surface area contributed by atoms with Gasteiger partial charge in [-0.15, -0.1) is 10.2 Å². The molecular weight excluding hydrogens is 318 g/mol. The molecule has 1 aromatic rings. The van der Waals surface area contributed by atoms with Crippen molar-refractivity contribution >= 4 is 28.6 Å². The third kappa shape index (κ3) is 8.97. The van der Waals surface area contributed by atoms with Crippen molar-refractivity contribution in [2.24, 2.45) is 5.92 Å². The van der Waals surface area contributed by atoms with Gasteiger partial charge < -0.3 is 15.4 Å². The number of carbonyl (C=O) groups excluding carboxylic acids is 2. The summed E-state index contributed by atoms with van der Waals surface area (Å²) in [6.07, 6.45) is 0.219. The molecule has 1 aromatic heterocycles. The van der Waals surface area contributed by atoms with E-state index in [1.807, 2.05) is 13.8 Å². The van der Waals surface area contributed by atoms with Gasteiger partial charge in [-0.2, -0.15) is 0 Å². The molecule has 130 valence electrons. The first-order valence-electron chi connectivity index (χ1n) is 7.46. The summed E-state index contributed by atoms with van der Waals surface area (Å²) in [6.45, 7) is 9.77. The van der Waals surface area contributed by atoms with Gasteiger partial charge in [-0.3, -0.25) is 5.32 Å². The van der Waals surface area contributed by atoms with E-state index >= 15 is 0 Å². The van der Waals surface area contributed by atoms with E-state index in [2.05, 4.69) is 26.1 Å². The zero-order valence-electron chi connectivity index (χ0n) is 14.2. The average molecular weight is 343 g/mol. The Hall–Kier alpha value is -1.90. The van der Waals surface area contributed by atoms with Crippen molar-refractivity contribution in [3.05, 3.63) is 5.51 Å². The topological polar surface area (TPSA) is 105 Å². The number of nitrogens with one attached hydrogen (secondary N) is 3. The van der Waals surface area contributed by atoms with E-state index in [-0.39, 0.29) is 18.6 Å². The molecule has 9 heteroatoms. The molecule has 23 heavy (non-hydrogen) atoms. The van der Waals surface area contributed by atoms with Crippen molar-refractivity contribution in [3.63, 3.8) is 0 Å². The molecule has 0 aromatic carbocycles. The summed E-state index contributed by atoms with van der Waals surface area (Å²) in [7, 11) is 0. The lowest BCUT2D eigenvalue weighted by molar-refractivity contribution is 0.0521. The van der Waals surface area contributed by atoms with Gasteiger partial charge in [0.15, 0.2) is 0 Å². The second-order valence-electron chi connectivity index (χ2n) is 6.55. The van der Waals surface area contributed by atoms with Gasteiger partial charge in [0, 0.05) is 12.6 Å². The molecule has 1 atom stereocenters. The van der Waals surface area contributed by atoms with E-state index in [1.165, 1.54) is 16.8 Å². The zero-order chi connectivity index (χ0) is 17.5. The number of hydrogen-bond donors (Lipinski definition) is 3. The number of carbonyl (C=O) groups is 2. The third-order valence-electron chi connectivity index (χ3n) is 2.56. The van der Waals surface area contributed by atoms with Crippen LogP contribution in [0.2, 0.25) is 0 Å². The summed E-state index contributed by atoms with van der Waals surface area (Å²) < 4.78 is 5.19. The molecule has 3 N–H and O–H groups in total. The van der Waals surface area contributed by atoms with Gasteiger partial charge in [0.1, 0.15) is 11.1 Å². The first-order chi connectivity index (χ1) is 10.7. The van der Waals surface area contributed by atoms with E-state index in [0.717, 1.165) is 6.42 Å². The van der Waals surface area contributed by atoms with Gasteiger partial charge in [0.05, 0.1) is 0 Å². The molecule has 0 fully saturated rings. The number of anilines is 1. The highest BCUT2D eigenvalue weighted by molar-refractivity contribution is 7.13. The van der Waals surface area contributed by atoms with Crippen LogP contribution < -0.4 is 16.0 Å². The van der Waals surface area contributed by atoms with Crippen molar-refractivity contribution in [2.45, 2.75) is 52.7 Å². The molecule has 0 aliphatic carbocycles. The van der Waals surface area contributed by atoms with E-state index in [4.69, 9.17) is 4.74 Å². The van der Waals surface area contributed by atoms with Gasteiger partial charge in [-0.05, 0) is 33.1 Å². The Morgan fingerprint density at radius 2 is 2.04 bits per heavy atom. The lowest BCUT2D eigenvalue weighted by Gasteiger charge is -2.23. The van der Waals surface area contributed by atoms with Crippen LogP contribution in [0.15, 0.2) is 5.51 Å². The fraction of sp³-hybridized carbons (Fsp3) is 0.714. The minimum atomic E-state index is -0.555. The molecule has 8 nitrogen and oxygen atoms in total. The Morgan fingerprint density at radius 3 is 2.57 bits per heavy atom. The minimum Gasteiger partial charge on any atom is -0.444 e. The van der Waals surface area contributed by atoms with Crippen LogP contribution in [0.4, 0.5) is 14.7 Å². The molecule has 0 unspecified atom stereocenters. The van der Waals surface area contributed by atoms with Gasteiger partial charge >= 0.3 is 12.1 Å². The molecule has 3 amide bonds. The van der Waals surface area contributed by atoms with Gasteiger partial charge in [-0.25, -0.2) is 9.59 Å². The summed E-state index contributed by atoms with van der Waals surface area (Å²) in [6, 6.07) is -0.589. The Bertz CT molecular complexity index is 499. The van der Waals surface area contributed by atoms with E-state index < -0.39 is 11.7 Å². The smallest absolute Gasteiger partial charge is 0.407 e. The van der Waals surface area contributed by atoms with Crippen LogP contribution in [-0.4, -0.2) is 40.5 Å². The maximum Gasteiger partial charge on any atom is 0.407 e. The van der Waals surface area contributed by atoms with Crippen LogP contribution >= 0.6 is 11.3 Å². The summed E-state index contributed by atoms with van der Waals surface area (Å²) in [4.78, 5) is 23.7. The Morgan fingerprint density at radius 1 is 1.35 bits per heavy atom. The highest BCUT2D eigenvalue weighted by atomic mass is 32.1. The Balaban J connectivity index is 2.48. The number of nitrogens with zero attached hydrogens (tertiary/aromatic N) is 2. The van der Waals surface area contributed by atoms with Crippen molar-refractivity contribution in [3.8, 4) is 0 Å². The van der Waals surface area contributed by atoms with Crippen molar-refractivity contribution in [1.29, 1.82) is 0 Å². The normalized spacial score (nSPS) is 12.6. The van der Waals surface area contributed by atoms with Gasteiger partial charge in [0.2, 0.25) is 5.13 Å². The summed E-state index contributed by atoms with van der Waals surface area (Å²) in [5.74, 6) is 0.363. The molecule has 0 aliphatic heterocycles. The number of aromatic nitrogens is 2. The molecule has 0 spiro atoms. The maximum absolute atomic E-state index is 11.9. The number of amides is 3. The predicted molar refractivity (Wildman–Crippen MR) is 89.5 cm³/mol. The van der Waals surface area contributed by atoms with Crippen LogP contribution in [0, 0.1) is 5.92 Å². The van der Waals surface area contributed by atoms with Crippen LogP contribution in [0.1, 0.15) is 41.0 Å².